The van der Waals surface area contributed by atoms with E-state index in [-0.39, 0.29) is 11.6 Å². The summed E-state index contributed by atoms with van der Waals surface area (Å²) < 4.78 is 0. The van der Waals surface area contributed by atoms with E-state index in [1.165, 1.54) is 6.08 Å². The zero-order chi connectivity index (χ0) is 10.1. The highest BCUT2D eigenvalue weighted by atomic mass is 16.2. The molecule has 0 radical (unpaired) electrons. The summed E-state index contributed by atoms with van der Waals surface area (Å²) in [5.74, 6) is 0.515. The van der Waals surface area contributed by atoms with Crippen LogP contribution in [0, 0.1) is 5.41 Å². The number of hydrogen-bond donors (Lipinski definition) is 4. The Balaban J connectivity index is 2.29. The number of carbonyl (C=O) groups excluding carboxylic acids is 1. The second-order valence-corrected chi connectivity index (χ2v) is 2.98. The topological polar surface area (TPSA) is 80.8 Å². The quantitative estimate of drug-likeness (QED) is 0.549. The van der Waals surface area contributed by atoms with Crippen LogP contribution in [0.3, 0.4) is 0 Å². The van der Waals surface area contributed by atoms with Gasteiger partial charge < -0.3 is 15.6 Å². The zero-order valence-corrected chi connectivity index (χ0v) is 7.64. The molecule has 1 aromatic rings. The maximum atomic E-state index is 11.0. The summed E-state index contributed by atoms with van der Waals surface area (Å²) in [6.07, 6.45) is 3.29. The Labute approximate surface area is 80.7 Å². The van der Waals surface area contributed by atoms with Crippen molar-refractivity contribution in [3.05, 3.63) is 23.9 Å². The number of aromatic amines is 1. The lowest BCUT2D eigenvalue weighted by Crippen LogP contribution is -2.19. The van der Waals surface area contributed by atoms with E-state index < -0.39 is 0 Å². The van der Waals surface area contributed by atoms with Crippen molar-refractivity contribution in [3.63, 3.8) is 0 Å². The van der Waals surface area contributed by atoms with Crippen molar-refractivity contribution in [2.24, 2.45) is 0 Å². The van der Waals surface area contributed by atoms with Gasteiger partial charge in [0.25, 0.3) is 5.91 Å². The molecular weight excluding hydrogens is 180 g/mol. The maximum Gasteiger partial charge on any atom is 0.273 e. The van der Waals surface area contributed by atoms with Crippen molar-refractivity contribution >= 4 is 23.1 Å². The van der Waals surface area contributed by atoms with Gasteiger partial charge in [0, 0.05) is 18.8 Å². The van der Waals surface area contributed by atoms with Crippen LogP contribution >= 0.6 is 0 Å². The van der Waals surface area contributed by atoms with Crippen molar-refractivity contribution in [2.75, 3.05) is 12.4 Å². The SMILES string of the molecule is CNc1cc(C2=CC(=N)C(=O)N2)c[nH]1. The summed E-state index contributed by atoms with van der Waals surface area (Å²) in [6, 6.07) is 1.87. The first-order chi connectivity index (χ1) is 6.70. The van der Waals surface area contributed by atoms with Gasteiger partial charge in [0.15, 0.2) is 0 Å². The predicted molar refractivity (Wildman–Crippen MR) is 54.2 cm³/mol. The summed E-state index contributed by atoms with van der Waals surface area (Å²) in [7, 11) is 1.80. The predicted octanol–water partition coefficient (Wildman–Crippen LogP) is 0.547. The zero-order valence-electron chi connectivity index (χ0n) is 7.64. The fourth-order valence-electron chi connectivity index (χ4n) is 1.29. The van der Waals surface area contributed by atoms with E-state index in [2.05, 4.69) is 15.6 Å². The highest BCUT2D eigenvalue weighted by Gasteiger charge is 2.19. The Hall–Kier alpha value is -2.04. The first-order valence-corrected chi connectivity index (χ1v) is 4.19. The van der Waals surface area contributed by atoms with Crippen LogP contribution in [0.5, 0.6) is 0 Å². The van der Waals surface area contributed by atoms with Crippen LogP contribution in [0.4, 0.5) is 5.82 Å². The molecule has 0 bridgehead atoms. The van der Waals surface area contributed by atoms with Gasteiger partial charge in [-0.05, 0) is 12.1 Å². The second kappa shape index (κ2) is 3.02. The number of H-pyrrole nitrogens is 1. The van der Waals surface area contributed by atoms with Gasteiger partial charge >= 0.3 is 0 Å². The molecule has 5 nitrogen and oxygen atoms in total. The van der Waals surface area contributed by atoms with Crippen LogP contribution in [0.15, 0.2) is 18.3 Å². The fraction of sp³-hybridized carbons (Fsp3) is 0.111. The van der Waals surface area contributed by atoms with Crippen LogP contribution in [-0.4, -0.2) is 23.7 Å². The van der Waals surface area contributed by atoms with Gasteiger partial charge in [0.2, 0.25) is 0 Å². The largest absolute Gasteiger partial charge is 0.375 e. The monoisotopic (exact) mass is 190 g/mol. The number of amides is 1. The van der Waals surface area contributed by atoms with Gasteiger partial charge in [-0.1, -0.05) is 0 Å². The minimum absolute atomic E-state index is 0.00722. The van der Waals surface area contributed by atoms with Crippen molar-refractivity contribution < 1.29 is 4.79 Å². The van der Waals surface area contributed by atoms with Gasteiger partial charge in [-0.3, -0.25) is 10.2 Å². The molecule has 5 heteroatoms. The molecule has 1 aliphatic heterocycles. The van der Waals surface area contributed by atoms with E-state index in [4.69, 9.17) is 5.41 Å². The molecule has 2 rings (SSSR count). The summed E-state index contributed by atoms with van der Waals surface area (Å²) in [4.78, 5) is 14.0. The summed E-state index contributed by atoms with van der Waals surface area (Å²) in [5.41, 5.74) is 1.52. The molecule has 1 amide bonds. The van der Waals surface area contributed by atoms with Crippen LogP contribution in [-0.2, 0) is 4.79 Å². The first-order valence-electron chi connectivity index (χ1n) is 4.19. The van der Waals surface area contributed by atoms with Crippen LogP contribution in [0.1, 0.15) is 5.56 Å². The van der Waals surface area contributed by atoms with E-state index in [1.807, 2.05) is 6.07 Å². The molecule has 2 heterocycles. The molecule has 0 fully saturated rings. The molecule has 0 aromatic carbocycles. The summed E-state index contributed by atoms with van der Waals surface area (Å²) in [6.45, 7) is 0. The average Bonchev–Trinajstić information content (AvgIpc) is 2.74. The Morgan fingerprint density at radius 2 is 2.29 bits per heavy atom. The number of nitrogens with one attached hydrogen (secondary N) is 4. The highest BCUT2D eigenvalue weighted by Crippen LogP contribution is 2.18. The minimum atomic E-state index is -0.354. The van der Waals surface area contributed by atoms with Gasteiger partial charge in [-0.25, -0.2) is 0 Å². The van der Waals surface area contributed by atoms with Crippen LogP contribution in [0.2, 0.25) is 0 Å². The Morgan fingerprint density at radius 3 is 2.79 bits per heavy atom. The standard InChI is InChI=1S/C9H10N4O/c1-11-8-2-5(4-12-8)7-3-6(10)9(14)13-7/h2-4,11-12H,1H3,(H2,10,13,14). The third kappa shape index (κ3) is 1.28. The third-order valence-corrected chi connectivity index (χ3v) is 2.04. The van der Waals surface area contributed by atoms with Crippen molar-refractivity contribution in [3.8, 4) is 0 Å². The van der Waals surface area contributed by atoms with Gasteiger partial charge in [0.05, 0.1) is 5.70 Å². The molecule has 1 aliphatic rings. The molecule has 14 heavy (non-hydrogen) atoms. The second-order valence-electron chi connectivity index (χ2n) is 2.98. The normalized spacial score (nSPS) is 15.4. The molecular formula is C9H10N4O. The number of aromatic nitrogens is 1. The minimum Gasteiger partial charge on any atom is -0.375 e. The number of rotatable bonds is 2. The number of anilines is 1. The number of carbonyl (C=O) groups is 1. The Kier molecular flexibility index (Phi) is 1.85. The molecule has 0 atom stereocenters. The van der Waals surface area contributed by atoms with Crippen molar-refractivity contribution in [1.82, 2.24) is 10.3 Å². The molecule has 4 N–H and O–H groups in total. The van der Waals surface area contributed by atoms with Gasteiger partial charge in [-0.2, -0.15) is 0 Å². The third-order valence-electron chi connectivity index (χ3n) is 2.04. The fourth-order valence-corrected chi connectivity index (χ4v) is 1.29. The van der Waals surface area contributed by atoms with E-state index in [0.717, 1.165) is 11.4 Å². The lowest BCUT2D eigenvalue weighted by molar-refractivity contribution is -0.113. The van der Waals surface area contributed by atoms with E-state index in [9.17, 15) is 4.79 Å². The van der Waals surface area contributed by atoms with Crippen molar-refractivity contribution in [2.45, 2.75) is 0 Å². The Bertz CT molecular complexity index is 430. The number of hydrogen-bond acceptors (Lipinski definition) is 3. The van der Waals surface area contributed by atoms with E-state index >= 15 is 0 Å². The molecule has 0 spiro atoms. The van der Waals surface area contributed by atoms with Gasteiger partial charge in [0.1, 0.15) is 11.5 Å². The highest BCUT2D eigenvalue weighted by molar-refractivity contribution is 6.47. The first kappa shape index (κ1) is 8.55. The summed E-state index contributed by atoms with van der Waals surface area (Å²) in [5, 5.41) is 12.8. The molecule has 1 aromatic heterocycles. The van der Waals surface area contributed by atoms with Crippen LogP contribution in [0.25, 0.3) is 5.70 Å². The Morgan fingerprint density at radius 1 is 1.50 bits per heavy atom. The van der Waals surface area contributed by atoms with E-state index in [1.54, 1.807) is 13.2 Å². The average molecular weight is 190 g/mol. The smallest absolute Gasteiger partial charge is 0.273 e. The molecule has 0 aliphatic carbocycles. The summed E-state index contributed by atoms with van der Waals surface area (Å²) >= 11 is 0. The lowest BCUT2D eigenvalue weighted by Gasteiger charge is -1.96. The lowest BCUT2D eigenvalue weighted by atomic mass is 10.2. The maximum absolute atomic E-state index is 11.0. The van der Waals surface area contributed by atoms with Crippen LogP contribution < -0.4 is 10.6 Å². The van der Waals surface area contributed by atoms with Gasteiger partial charge in [-0.15, -0.1) is 0 Å². The van der Waals surface area contributed by atoms with E-state index in [0.29, 0.717) is 5.70 Å². The molecule has 0 unspecified atom stereocenters. The molecule has 0 saturated heterocycles. The molecule has 72 valence electrons. The van der Waals surface area contributed by atoms with Crippen molar-refractivity contribution in [1.29, 1.82) is 5.41 Å². The molecule has 0 saturated carbocycles.